The second-order valence-electron chi connectivity index (χ2n) is 5.03. The van der Waals surface area contributed by atoms with Gasteiger partial charge in [-0.25, -0.2) is 12.8 Å². The van der Waals surface area contributed by atoms with E-state index >= 15 is 0 Å². The molecular weight excluding hydrogens is 297 g/mol. The molecular formula is C14H18FNO4S. The van der Waals surface area contributed by atoms with Crippen LogP contribution in [0.1, 0.15) is 24.8 Å². The van der Waals surface area contributed by atoms with E-state index in [4.69, 9.17) is 0 Å². The van der Waals surface area contributed by atoms with Crippen LogP contribution in [0.25, 0.3) is 0 Å². The molecule has 7 heteroatoms. The van der Waals surface area contributed by atoms with Gasteiger partial charge in [-0.1, -0.05) is 12.1 Å². The molecule has 1 aromatic rings. The summed E-state index contributed by atoms with van der Waals surface area (Å²) in [6, 6.07) is 4.56. The van der Waals surface area contributed by atoms with Crippen LogP contribution in [0.4, 0.5) is 4.39 Å². The van der Waals surface area contributed by atoms with Crippen LogP contribution in [0, 0.1) is 5.82 Å². The molecule has 1 atom stereocenters. The molecule has 1 aliphatic heterocycles. The number of halogens is 1. The molecule has 1 heterocycles. The Bertz CT molecular complexity index is 600. The summed E-state index contributed by atoms with van der Waals surface area (Å²) in [7, 11) is -2.39. The van der Waals surface area contributed by atoms with Crippen LogP contribution in [-0.4, -0.2) is 38.4 Å². The molecule has 0 aliphatic carbocycles. The van der Waals surface area contributed by atoms with Gasteiger partial charge in [0.05, 0.1) is 12.9 Å². The van der Waals surface area contributed by atoms with E-state index in [9.17, 15) is 17.6 Å². The lowest BCUT2D eigenvalue weighted by Gasteiger charge is -2.32. The topological polar surface area (TPSA) is 63.7 Å². The third-order valence-corrected chi connectivity index (χ3v) is 5.40. The minimum absolute atomic E-state index is 0.249. The van der Waals surface area contributed by atoms with Crippen molar-refractivity contribution in [3.8, 4) is 0 Å². The Balaban J connectivity index is 2.20. The highest BCUT2D eigenvalue weighted by Gasteiger charge is 2.37. The third kappa shape index (κ3) is 3.79. The van der Waals surface area contributed by atoms with Crippen LogP contribution >= 0.6 is 0 Å². The predicted molar refractivity (Wildman–Crippen MR) is 75.4 cm³/mol. The van der Waals surface area contributed by atoms with Gasteiger partial charge in [0, 0.05) is 6.54 Å². The Morgan fingerprint density at radius 1 is 1.33 bits per heavy atom. The van der Waals surface area contributed by atoms with Crippen molar-refractivity contribution in [1.82, 2.24) is 4.31 Å². The van der Waals surface area contributed by atoms with Gasteiger partial charge in [-0.15, -0.1) is 0 Å². The van der Waals surface area contributed by atoms with E-state index in [-0.39, 0.29) is 5.75 Å². The maximum absolute atomic E-state index is 12.9. The van der Waals surface area contributed by atoms with Gasteiger partial charge in [-0.05, 0) is 37.0 Å². The lowest BCUT2D eigenvalue weighted by molar-refractivity contribution is -0.146. The van der Waals surface area contributed by atoms with E-state index in [1.165, 1.54) is 35.7 Å². The summed E-state index contributed by atoms with van der Waals surface area (Å²) in [6.45, 7) is 0.309. The monoisotopic (exact) mass is 315 g/mol. The van der Waals surface area contributed by atoms with Crippen molar-refractivity contribution in [2.24, 2.45) is 0 Å². The smallest absolute Gasteiger partial charge is 0.324 e. The average molecular weight is 315 g/mol. The minimum Gasteiger partial charge on any atom is -0.468 e. The molecule has 2 rings (SSSR count). The van der Waals surface area contributed by atoms with E-state index in [2.05, 4.69) is 4.74 Å². The van der Waals surface area contributed by atoms with Crippen LogP contribution in [0.5, 0.6) is 0 Å². The highest BCUT2D eigenvalue weighted by atomic mass is 32.2. The molecule has 0 radical (unpaired) electrons. The molecule has 5 nitrogen and oxygen atoms in total. The number of rotatable bonds is 4. The van der Waals surface area contributed by atoms with Gasteiger partial charge in [-0.3, -0.25) is 4.79 Å². The molecule has 0 spiro atoms. The van der Waals surface area contributed by atoms with Crippen molar-refractivity contribution in [3.63, 3.8) is 0 Å². The molecule has 1 saturated heterocycles. The number of hydrogen-bond acceptors (Lipinski definition) is 4. The summed E-state index contributed by atoms with van der Waals surface area (Å²) in [6.07, 6.45) is 1.98. The van der Waals surface area contributed by atoms with Crippen molar-refractivity contribution in [2.75, 3.05) is 13.7 Å². The van der Waals surface area contributed by atoms with E-state index in [1.54, 1.807) is 0 Å². The van der Waals surface area contributed by atoms with Crippen LogP contribution in [-0.2, 0) is 25.3 Å². The lowest BCUT2D eigenvalue weighted by Crippen LogP contribution is -2.48. The molecule has 1 unspecified atom stereocenters. The fourth-order valence-corrected chi connectivity index (χ4v) is 4.25. The first-order chi connectivity index (χ1) is 9.94. The molecule has 1 fully saturated rings. The first-order valence-corrected chi connectivity index (χ1v) is 8.37. The Morgan fingerprint density at radius 3 is 2.62 bits per heavy atom. The summed E-state index contributed by atoms with van der Waals surface area (Å²) >= 11 is 0. The zero-order chi connectivity index (χ0) is 15.5. The van der Waals surface area contributed by atoms with Crippen molar-refractivity contribution >= 4 is 16.0 Å². The number of nitrogens with zero attached hydrogens (tertiary/aromatic N) is 1. The Hall–Kier alpha value is -1.47. The summed E-state index contributed by atoms with van der Waals surface area (Å²) in [4.78, 5) is 11.7. The van der Waals surface area contributed by atoms with Gasteiger partial charge >= 0.3 is 5.97 Å². The fourth-order valence-electron chi connectivity index (χ4n) is 2.48. The van der Waals surface area contributed by atoms with Gasteiger partial charge in [-0.2, -0.15) is 4.31 Å². The van der Waals surface area contributed by atoms with E-state index in [0.717, 1.165) is 12.8 Å². The number of benzene rings is 1. The lowest BCUT2D eigenvalue weighted by atomic mass is 10.1. The normalized spacial score (nSPS) is 20.2. The molecule has 1 aliphatic rings. The zero-order valence-electron chi connectivity index (χ0n) is 11.8. The molecule has 0 bridgehead atoms. The SMILES string of the molecule is COC(=O)C1CCCCN1S(=O)(=O)Cc1ccc(F)cc1. The molecule has 0 N–H and O–H groups in total. The first kappa shape index (κ1) is 15.9. The van der Waals surface area contributed by atoms with Gasteiger partial charge < -0.3 is 4.74 Å². The van der Waals surface area contributed by atoms with Gasteiger partial charge in [0.2, 0.25) is 10.0 Å². The Morgan fingerprint density at radius 2 is 2.00 bits per heavy atom. The Kier molecular flexibility index (Phi) is 4.95. The number of carbonyl (C=O) groups excluding carboxylic acids is 1. The van der Waals surface area contributed by atoms with Crippen LogP contribution in [0.15, 0.2) is 24.3 Å². The number of ether oxygens (including phenoxy) is 1. The number of esters is 1. The summed E-state index contributed by atoms with van der Waals surface area (Å²) in [5.74, 6) is -1.19. The number of sulfonamides is 1. The minimum atomic E-state index is -3.64. The number of hydrogen-bond donors (Lipinski definition) is 0. The standard InChI is InChI=1S/C14H18FNO4S/c1-20-14(17)13-4-2-3-9-16(13)21(18,19)10-11-5-7-12(15)8-6-11/h5-8,13H,2-4,9-10H2,1H3. The van der Waals surface area contributed by atoms with Crippen molar-refractivity contribution < 1.29 is 22.3 Å². The number of methoxy groups -OCH3 is 1. The van der Waals surface area contributed by atoms with Gasteiger partial charge in [0.25, 0.3) is 0 Å². The maximum Gasteiger partial charge on any atom is 0.324 e. The number of carbonyl (C=O) groups is 1. The van der Waals surface area contributed by atoms with E-state index in [1.807, 2.05) is 0 Å². The molecule has 1 aromatic carbocycles. The first-order valence-electron chi connectivity index (χ1n) is 6.76. The second-order valence-corrected chi connectivity index (χ2v) is 6.95. The fraction of sp³-hybridized carbons (Fsp3) is 0.500. The quantitative estimate of drug-likeness (QED) is 0.793. The second kappa shape index (κ2) is 6.53. The van der Waals surface area contributed by atoms with Crippen molar-refractivity contribution in [3.05, 3.63) is 35.6 Å². The van der Waals surface area contributed by atoms with E-state index < -0.39 is 27.9 Å². The van der Waals surface area contributed by atoms with Crippen LogP contribution in [0.2, 0.25) is 0 Å². The molecule has 0 amide bonds. The zero-order valence-corrected chi connectivity index (χ0v) is 12.6. The molecule has 116 valence electrons. The summed E-state index contributed by atoms with van der Waals surface area (Å²) in [5, 5.41) is 0. The van der Waals surface area contributed by atoms with Crippen molar-refractivity contribution in [1.29, 1.82) is 0 Å². The molecule has 0 saturated carbocycles. The third-order valence-electron chi connectivity index (χ3n) is 3.55. The van der Waals surface area contributed by atoms with E-state index in [0.29, 0.717) is 18.5 Å². The highest BCUT2D eigenvalue weighted by molar-refractivity contribution is 7.88. The predicted octanol–water partition coefficient (Wildman–Crippen LogP) is 1.68. The Labute approximate surface area is 123 Å². The van der Waals surface area contributed by atoms with Gasteiger partial charge in [0.15, 0.2) is 0 Å². The average Bonchev–Trinajstić information content (AvgIpc) is 2.48. The highest BCUT2D eigenvalue weighted by Crippen LogP contribution is 2.23. The number of piperidine rings is 1. The van der Waals surface area contributed by atoms with Crippen LogP contribution < -0.4 is 0 Å². The van der Waals surface area contributed by atoms with Crippen LogP contribution in [0.3, 0.4) is 0 Å². The van der Waals surface area contributed by atoms with Crippen molar-refractivity contribution in [2.45, 2.75) is 31.1 Å². The largest absolute Gasteiger partial charge is 0.468 e. The summed E-state index contributed by atoms with van der Waals surface area (Å²) in [5.41, 5.74) is 0.491. The molecule has 21 heavy (non-hydrogen) atoms. The summed E-state index contributed by atoms with van der Waals surface area (Å²) < 4.78 is 43.8. The molecule has 0 aromatic heterocycles. The van der Waals surface area contributed by atoms with Gasteiger partial charge in [0.1, 0.15) is 11.9 Å². The maximum atomic E-state index is 12.9.